The van der Waals surface area contributed by atoms with Gasteiger partial charge in [-0.15, -0.1) is 0 Å². The predicted molar refractivity (Wildman–Crippen MR) is 75.3 cm³/mol. The Balaban J connectivity index is 3.40. The van der Waals surface area contributed by atoms with Gasteiger partial charge in [0.05, 0.1) is 11.4 Å². The van der Waals surface area contributed by atoms with Crippen molar-refractivity contribution in [3.8, 4) is 0 Å². The molecular formula is C12H21N3O2S. The van der Waals surface area contributed by atoms with Crippen LogP contribution in [0, 0.1) is 0 Å². The topological polar surface area (TPSA) is 66.6 Å². The summed E-state index contributed by atoms with van der Waals surface area (Å²) in [6.45, 7) is 4.04. The van der Waals surface area contributed by atoms with Crippen molar-refractivity contribution in [1.29, 1.82) is 0 Å². The maximum absolute atomic E-state index is 12.1. The SMILES string of the molecule is CC(C)N(C)c1cccc(S(=O)(=O)N(C)C)c1N. The molecule has 18 heavy (non-hydrogen) atoms. The first-order chi connectivity index (χ1) is 8.19. The van der Waals surface area contributed by atoms with Crippen LogP contribution in [0.4, 0.5) is 11.4 Å². The van der Waals surface area contributed by atoms with Crippen LogP contribution in [-0.2, 0) is 10.0 Å². The molecule has 0 saturated carbocycles. The van der Waals surface area contributed by atoms with E-state index in [1.165, 1.54) is 20.2 Å². The molecule has 0 fully saturated rings. The minimum absolute atomic E-state index is 0.150. The van der Waals surface area contributed by atoms with Crippen molar-refractivity contribution in [2.45, 2.75) is 24.8 Å². The Labute approximate surface area is 109 Å². The predicted octanol–water partition coefficient (Wildman–Crippen LogP) is 1.36. The minimum Gasteiger partial charge on any atom is -0.396 e. The lowest BCUT2D eigenvalue weighted by Gasteiger charge is -2.26. The highest BCUT2D eigenvalue weighted by molar-refractivity contribution is 7.89. The number of nitrogens with two attached hydrogens (primary N) is 1. The highest BCUT2D eigenvalue weighted by Crippen LogP contribution is 2.31. The largest absolute Gasteiger partial charge is 0.396 e. The molecule has 0 saturated heterocycles. The molecule has 0 amide bonds. The van der Waals surface area contributed by atoms with Gasteiger partial charge in [-0.3, -0.25) is 0 Å². The van der Waals surface area contributed by atoms with E-state index in [4.69, 9.17) is 5.73 Å². The molecule has 5 nitrogen and oxygen atoms in total. The number of benzene rings is 1. The van der Waals surface area contributed by atoms with Gasteiger partial charge in [0, 0.05) is 27.2 Å². The highest BCUT2D eigenvalue weighted by atomic mass is 32.2. The van der Waals surface area contributed by atoms with Gasteiger partial charge in [0.15, 0.2) is 0 Å². The molecule has 6 heteroatoms. The van der Waals surface area contributed by atoms with E-state index in [2.05, 4.69) is 0 Å². The van der Waals surface area contributed by atoms with Crippen LogP contribution in [0.3, 0.4) is 0 Å². The molecule has 0 aliphatic carbocycles. The van der Waals surface area contributed by atoms with Crippen molar-refractivity contribution in [3.05, 3.63) is 18.2 Å². The van der Waals surface area contributed by atoms with E-state index in [9.17, 15) is 8.42 Å². The van der Waals surface area contributed by atoms with E-state index in [-0.39, 0.29) is 10.9 Å². The lowest BCUT2D eigenvalue weighted by molar-refractivity contribution is 0.521. The number of para-hydroxylation sites is 1. The average Bonchev–Trinajstić information content (AvgIpc) is 2.27. The molecule has 2 N–H and O–H groups in total. The monoisotopic (exact) mass is 271 g/mol. The number of anilines is 2. The Hall–Kier alpha value is -1.27. The van der Waals surface area contributed by atoms with Crippen LogP contribution in [0.25, 0.3) is 0 Å². The second-order valence-corrected chi connectivity index (χ2v) is 6.80. The number of rotatable bonds is 4. The maximum Gasteiger partial charge on any atom is 0.244 e. The normalized spacial score (nSPS) is 12.2. The third kappa shape index (κ3) is 2.59. The highest BCUT2D eigenvalue weighted by Gasteiger charge is 2.23. The molecule has 0 atom stereocenters. The molecule has 1 aromatic carbocycles. The van der Waals surface area contributed by atoms with Crippen LogP contribution in [0.1, 0.15) is 13.8 Å². The van der Waals surface area contributed by atoms with Gasteiger partial charge in [-0.1, -0.05) is 6.07 Å². The summed E-state index contributed by atoms with van der Waals surface area (Å²) in [4.78, 5) is 2.10. The van der Waals surface area contributed by atoms with Gasteiger partial charge in [0.1, 0.15) is 4.90 Å². The molecule has 0 unspecified atom stereocenters. The summed E-state index contributed by atoms with van der Waals surface area (Å²) < 4.78 is 25.4. The number of hydrogen-bond donors (Lipinski definition) is 1. The van der Waals surface area contributed by atoms with Gasteiger partial charge in [-0.2, -0.15) is 0 Å². The molecule has 0 heterocycles. The van der Waals surface area contributed by atoms with Gasteiger partial charge < -0.3 is 10.6 Å². The smallest absolute Gasteiger partial charge is 0.244 e. The van der Waals surface area contributed by atoms with E-state index < -0.39 is 10.0 Å². The van der Waals surface area contributed by atoms with Crippen LogP contribution in [0.5, 0.6) is 0 Å². The summed E-state index contributed by atoms with van der Waals surface area (Å²) >= 11 is 0. The second kappa shape index (κ2) is 5.16. The van der Waals surface area contributed by atoms with E-state index in [1.54, 1.807) is 6.07 Å². The van der Waals surface area contributed by atoms with Gasteiger partial charge >= 0.3 is 0 Å². The van der Waals surface area contributed by atoms with Crippen LogP contribution in [-0.4, -0.2) is 39.9 Å². The minimum atomic E-state index is -3.51. The van der Waals surface area contributed by atoms with Crippen molar-refractivity contribution in [2.24, 2.45) is 0 Å². The Morgan fingerprint density at radius 3 is 2.17 bits per heavy atom. The van der Waals surface area contributed by atoms with Crippen molar-refractivity contribution in [2.75, 3.05) is 31.8 Å². The van der Waals surface area contributed by atoms with E-state index in [0.29, 0.717) is 5.69 Å². The van der Waals surface area contributed by atoms with E-state index >= 15 is 0 Å². The Morgan fingerprint density at radius 1 is 1.17 bits per heavy atom. The second-order valence-electron chi connectivity index (χ2n) is 4.68. The summed E-state index contributed by atoms with van der Waals surface area (Å²) in [5.74, 6) is 0. The summed E-state index contributed by atoms with van der Waals surface area (Å²) in [7, 11) is 1.37. The van der Waals surface area contributed by atoms with E-state index in [0.717, 1.165) is 9.99 Å². The first-order valence-corrected chi connectivity index (χ1v) is 7.17. The lowest BCUT2D eigenvalue weighted by atomic mass is 10.2. The van der Waals surface area contributed by atoms with Crippen molar-refractivity contribution in [1.82, 2.24) is 4.31 Å². The lowest BCUT2D eigenvalue weighted by Crippen LogP contribution is -2.28. The summed E-state index contributed by atoms with van der Waals surface area (Å²) in [5, 5.41) is 0. The summed E-state index contributed by atoms with van der Waals surface area (Å²) in [5.41, 5.74) is 7.02. The quantitative estimate of drug-likeness (QED) is 0.840. The summed E-state index contributed by atoms with van der Waals surface area (Å²) in [6, 6.07) is 5.30. The zero-order chi connectivity index (χ0) is 14.1. The number of sulfonamides is 1. The van der Waals surface area contributed by atoms with Crippen molar-refractivity contribution >= 4 is 21.4 Å². The maximum atomic E-state index is 12.1. The molecule has 0 spiro atoms. The zero-order valence-electron chi connectivity index (χ0n) is 11.5. The molecule has 0 radical (unpaired) electrons. The number of hydrogen-bond acceptors (Lipinski definition) is 4. The van der Waals surface area contributed by atoms with Crippen LogP contribution in [0.2, 0.25) is 0 Å². The molecule has 0 aliphatic rings. The van der Waals surface area contributed by atoms with Crippen molar-refractivity contribution < 1.29 is 8.42 Å². The molecular weight excluding hydrogens is 250 g/mol. The average molecular weight is 271 g/mol. The number of nitrogen functional groups attached to an aromatic ring is 1. The van der Waals surface area contributed by atoms with Gasteiger partial charge in [0.2, 0.25) is 10.0 Å². The first kappa shape index (κ1) is 14.8. The Morgan fingerprint density at radius 2 is 1.72 bits per heavy atom. The molecule has 0 aliphatic heterocycles. The first-order valence-electron chi connectivity index (χ1n) is 5.73. The summed E-state index contributed by atoms with van der Waals surface area (Å²) in [6.07, 6.45) is 0. The molecule has 0 aromatic heterocycles. The van der Waals surface area contributed by atoms with Gasteiger partial charge in [0.25, 0.3) is 0 Å². The molecule has 0 bridgehead atoms. The van der Waals surface area contributed by atoms with Crippen LogP contribution in [0.15, 0.2) is 23.1 Å². The fourth-order valence-electron chi connectivity index (χ4n) is 1.54. The third-order valence-electron chi connectivity index (χ3n) is 2.96. The Bertz CT molecular complexity index is 524. The number of nitrogens with zero attached hydrogens (tertiary/aromatic N) is 2. The van der Waals surface area contributed by atoms with E-state index in [1.807, 2.05) is 31.9 Å². The molecule has 1 aromatic rings. The Kier molecular flexibility index (Phi) is 4.24. The van der Waals surface area contributed by atoms with Gasteiger partial charge in [-0.25, -0.2) is 12.7 Å². The fraction of sp³-hybridized carbons (Fsp3) is 0.500. The van der Waals surface area contributed by atoms with Gasteiger partial charge in [-0.05, 0) is 26.0 Å². The molecule has 1 rings (SSSR count). The fourth-order valence-corrected chi connectivity index (χ4v) is 2.57. The molecule has 102 valence electrons. The standard InChI is InChI=1S/C12H21N3O2S/c1-9(2)15(5)10-7-6-8-11(12(10)13)18(16,17)14(3)4/h6-9H,13H2,1-5H3. The van der Waals surface area contributed by atoms with Crippen LogP contribution < -0.4 is 10.6 Å². The zero-order valence-corrected chi connectivity index (χ0v) is 12.3. The van der Waals surface area contributed by atoms with Crippen molar-refractivity contribution in [3.63, 3.8) is 0 Å². The third-order valence-corrected chi connectivity index (χ3v) is 4.83. The van der Waals surface area contributed by atoms with Crippen LogP contribution >= 0.6 is 0 Å².